The molecule has 2 rings (SSSR count). The Kier molecular flexibility index (Phi) is 3.82. The van der Waals surface area contributed by atoms with Crippen molar-refractivity contribution in [2.45, 2.75) is 25.8 Å². The van der Waals surface area contributed by atoms with Crippen molar-refractivity contribution in [3.63, 3.8) is 0 Å². The number of hydrogen-bond acceptors (Lipinski definition) is 3. The Hall–Kier alpha value is -0.610. The molecule has 1 aliphatic rings. The number of nitrogens with one attached hydrogen (secondary N) is 1. The minimum Gasteiger partial charge on any atom is -0.366 e. The standard InChI is InChI=1S/C12H18BrN3/c1-9-6-12(14-7-11(9)13)15-10-4-3-5-16(2)8-10/h6-7,10H,3-5,8H2,1-2H3,(H,14,15). The Morgan fingerprint density at radius 2 is 2.38 bits per heavy atom. The molecule has 0 radical (unpaired) electrons. The Balaban J connectivity index is 2.00. The van der Waals surface area contributed by atoms with Crippen LogP contribution in [0.15, 0.2) is 16.7 Å². The summed E-state index contributed by atoms with van der Waals surface area (Å²) >= 11 is 3.47. The van der Waals surface area contributed by atoms with Gasteiger partial charge in [0.15, 0.2) is 0 Å². The maximum Gasteiger partial charge on any atom is 0.126 e. The monoisotopic (exact) mass is 283 g/mol. The lowest BCUT2D eigenvalue weighted by molar-refractivity contribution is 0.261. The predicted molar refractivity (Wildman–Crippen MR) is 70.8 cm³/mol. The van der Waals surface area contributed by atoms with E-state index in [4.69, 9.17) is 0 Å². The van der Waals surface area contributed by atoms with Gasteiger partial charge in [0, 0.05) is 23.3 Å². The largest absolute Gasteiger partial charge is 0.366 e. The fourth-order valence-corrected chi connectivity index (χ4v) is 2.33. The Morgan fingerprint density at radius 1 is 1.56 bits per heavy atom. The summed E-state index contributed by atoms with van der Waals surface area (Å²) in [4.78, 5) is 6.75. The van der Waals surface area contributed by atoms with Gasteiger partial charge in [0.25, 0.3) is 0 Å². The number of pyridine rings is 1. The highest BCUT2D eigenvalue weighted by molar-refractivity contribution is 9.10. The van der Waals surface area contributed by atoms with Gasteiger partial charge in [-0.1, -0.05) is 0 Å². The Bertz CT molecular complexity index is 367. The van der Waals surface area contributed by atoms with Crippen LogP contribution in [0.1, 0.15) is 18.4 Å². The van der Waals surface area contributed by atoms with E-state index < -0.39 is 0 Å². The maximum absolute atomic E-state index is 4.38. The zero-order valence-corrected chi connectivity index (χ0v) is 11.4. The van der Waals surface area contributed by atoms with Crippen LogP contribution in [0, 0.1) is 6.92 Å². The van der Waals surface area contributed by atoms with Gasteiger partial charge in [-0.05, 0) is 60.9 Å². The number of aromatic nitrogens is 1. The van der Waals surface area contributed by atoms with Gasteiger partial charge in [-0.3, -0.25) is 0 Å². The van der Waals surface area contributed by atoms with Crippen LogP contribution < -0.4 is 5.32 Å². The number of hydrogen-bond donors (Lipinski definition) is 1. The van der Waals surface area contributed by atoms with E-state index in [2.05, 4.69) is 51.2 Å². The molecular weight excluding hydrogens is 266 g/mol. The van der Waals surface area contributed by atoms with E-state index in [0.29, 0.717) is 6.04 Å². The molecule has 0 spiro atoms. The van der Waals surface area contributed by atoms with E-state index in [9.17, 15) is 0 Å². The molecule has 1 fully saturated rings. The molecule has 1 atom stereocenters. The minimum atomic E-state index is 0.534. The van der Waals surface area contributed by atoms with Crippen molar-refractivity contribution in [2.24, 2.45) is 0 Å². The lowest BCUT2D eigenvalue weighted by atomic mass is 10.1. The van der Waals surface area contributed by atoms with E-state index in [-0.39, 0.29) is 0 Å². The molecule has 1 unspecified atom stereocenters. The van der Waals surface area contributed by atoms with Crippen LogP contribution in [0.4, 0.5) is 5.82 Å². The number of anilines is 1. The minimum absolute atomic E-state index is 0.534. The first-order chi connectivity index (χ1) is 7.65. The normalized spacial score (nSPS) is 22.1. The van der Waals surface area contributed by atoms with Gasteiger partial charge in [-0.15, -0.1) is 0 Å². The summed E-state index contributed by atoms with van der Waals surface area (Å²) in [6.07, 6.45) is 4.37. The second-order valence-corrected chi connectivity index (χ2v) is 5.42. The molecule has 88 valence electrons. The maximum atomic E-state index is 4.38. The van der Waals surface area contributed by atoms with Gasteiger partial charge >= 0.3 is 0 Å². The van der Waals surface area contributed by atoms with Crippen LogP contribution >= 0.6 is 15.9 Å². The first-order valence-electron chi connectivity index (χ1n) is 5.72. The first kappa shape index (κ1) is 11.9. The topological polar surface area (TPSA) is 28.2 Å². The Labute approximate surface area is 105 Å². The summed E-state index contributed by atoms with van der Waals surface area (Å²) < 4.78 is 1.07. The lowest BCUT2D eigenvalue weighted by Crippen LogP contribution is -2.39. The molecule has 0 aromatic carbocycles. The highest BCUT2D eigenvalue weighted by atomic mass is 79.9. The molecule has 1 aromatic rings. The first-order valence-corrected chi connectivity index (χ1v) is 6.51. The van der Waals surface area contributed by atoms with Crippen molar-refractivity contribution in [1.29, 1.82) is 0 Å². The van der Waals surface area contributed by atoms with Crippen molar-refractivity contribution in [1.82, 2.24) is 9.88 Å². The molecule has 0 saturated carbocycles. The summed E-state index contributed by atoms with van der Waals surface area (Å²) in [5.74, 6) is 0.987. The van der Waals surface area contributed by atoms with Gasteiger partial charge in [0.1, 0.15) is 5.82 Å². The highest BCUT2D eigenvalue weighted by Gasteiger charge is 2.17. The fraction of sp³-hybridized carbons (Fsp3) is 0.583. The highest BCUT2D eigenvalue weighted by Crippen LogP contribution is 2.19. The van der Waals surface area contributed by atoms with Gasteiger partial charge in [-0.2, -0.15) is 0 Å². The summed E-state index contributed by atoms with van der Waals surface area (Å²) in [5, 5.41) is 3.51. The van der Waals surface area contributed by atoms with Crippen LogP contribution in [0.5, 0.6) is 0 Å². The van der Waals surface area contributed by atoms with E-state index in [0.717, 1.165) is 16.8 Å². The van der Waals surface area contributed by atoms with E-state index in [1.807, 2.05) is 6.20 Å². The number of nitrogens with zero attached hydrogens (tertiary/aromatic N) is 2. The van der Waals surface area contributed by atoms with E-state index >= 15 is 0 Å². The number of rotatable bonds is 2. The SMILES string of the molecule is Cc1cc(NC2CCCN(C)C2)ncc1Br. The molecule has 1 aromatic heterocycles. The van der Waals surface area contributed by atoms with Gasteiger partial charge < -0.3 is 10.2 Å². The molecule has 3 nitrogen and oxygen atoms in total. The van der Waals surface area contributed by atoms with E-state index in [1.165, 1.54) is 24.9 Å². The third kappa shape index (κ3) is 2.95. The second kappa shape index (κ2) is 5.15. The molecule has 16 heavy (non-hydrogen) atoms. The molecule has 1 saturated heterocycles. The molecule has 0 amide bonds. The van der Waals surface area contributed by atoms with Crippen molar-refractivity contribution < 1.29 is 0 Å². The molecular formula is C12H18BrN3. The average molecular weight is 284 g/mol. The number of piperidine rings is 1. The molecule has 2 heterocycles. The molecule has 0 bridgehead atoms. The van der Waals surface area contributed by atoms with Crippen molar-refractivity contribution >= 4 is 21.7 Å². The quantitative estimate of drug-likeness (QED) is 0.905. The van der Waals surface area contributed by atoms with E-state index in [1.54, 1.807) is 0 Å². The smallest absolute Gasteiger partial charge is 0.126 e. The third-order valence-corrected chi connectivity index (χ3v) is 3.85. The number of likely N-dealkylation sites (tertiary alicyclic amines) is 1. The number of likely N-dealkylation sites (N-methyl/N-ethyl adjacent to an activating group) is 1. The van der Waals surface area contributed by atoms with Crippen LogP contribution in [0.3, 0.4) is 0 Å². The molecule has 0 aliphatic carbocycles. The number of aryl methyl sites for hydroxylation is 1. The zero-order valence-electron chi connectivity index (χ0n) is 9.83. The Morgan fingerprint density at radius 3 is 3.06 bits per heavy atom. The van der Waals surface area contributed by atoms with Crippen LogP contribution in [0.25, 0.3) is 0 Å². The zero-order chi connectivity index (χ0) is 11.5. The number of halogens is 1. The van der Waals surface area contributed by atoms with Gasteiger partial charge in [-0.25, -0.2) is 4.98 Å². The lowest BCUT2D eigenvalue weighted by Gasteiger charge is -2.30. The summed E-state index contributed by atoms with van der Waals surface area (Å²) in [6.45, 7) is 4.41. The van der Waals surface area contributed by atoms with Crippen molar-refractivity contribution in [3.05, 3.63) is 22.3 Å². The summed E-state index contributed by atoms with van der Waals surface area (Å²) in [7, 11) is 2.17. The van der Waals surface area contributed by atoms with Crippen LogP contribution in [0.2, 0.25) is 0 Å². The second-order valence-electron chi connectivity index (χ2n) is 4.56. The van der Waals surface area contributed by atoms with Crippen molar-refractivity contribution in [2.75, 3.05) is 25.5 Å². The predicted octanol–water partition coefficient (Wildman–Crippen LogP) is 2.66. The van der Waals surface area contributed by atoms with Crippen molar-refractivity contribution in [3.8, 4) is 0 Å². The summed E-state index contributed by atoms with van der Waals surface area (Å²) in [6, 6.07) is 2.63. The van der Waals surface area contributed by atoms with Gasteiger partial charge in [0.05, 0.1) is 0 Å². The third-order valence-electron chi connectivity index (χ3n) is 3.02. The van der Waals surface area contributed by atoms with Crippen LogP contribution in [-0.2, 0) is 0 Å². The fourth-order valence-electron chi connectivity index (χ4n) is 2.11. The summed E-state index contributed by atoms with van der Waals surface area (Å²) in [5.41, 5.74) is 1.22. The van der Waals surface area contributed by atoms with Gasteiger partial charge in [0.2, 0.25) is 0 Å². The molecule has 1 N–H and O–H groups in total. The average Bonchev–Trinajstić information content (AvgIpc) is 2.24. The van der Waals surface area contributed by atoms with Crippen LogP contribution in [-0.4, -0.2) is 36.1 Å². The molecule has 1 aliphatic heterocycles. The molecule has 4 heteroatoms.